The highest BCUT2D eigenvalue weighted by Gasteiger charge is 2.35. The highest BCUT2D eigenvalue weighted by Crippen LogP contribution is 2.28. The van der Waals surface area contributed by atoms with E-state index in [-0.39, 0.29) is 30.8 Å². The molecule has 0 aromatic heterocycles. The highest BCUT2D eigenvalue weighted by atomic mass is 19.4. The Morgan fingerprint density at radius 1 is 1.18 bits per heavy atom. The molecule has 0 radical (unpaired) electrons. The zero-order chi connectivity index (χ0) is 16.2. The number of rotatable bonds is 5. The van der Waals surface area contributed by atoms with Gasteiger partial charge in [0, 0.05) is 19.7 Å². The van der Waals surface area contributed by atoms with E-state index in [2.05, 4.69) is 5.32 Å². The second-order valence-electron chi connectivity index (χ2n) is 6.26. The van der Waals surface area contributed by atoms with Gasteiger partial charge in [0.2, 0.25) is 0 Å². The molecule has 2 amide bonds. The molecule has 2 rings (SSSR count). The molecule has 0 spiro atoms. The topological polar surface area (TPSA) is 41.6 Å². The van der Waals surface area contributed by atoms with Crippen LogP contribution in [0.15, 0.2) is 0 Å². The number of carbonyl (C=O) groups is 1. The molecule has 2 aliphatic rings. The lowest BCUT2D eigenvalue weighted by Crippen LogP contribution is -2.55. The molecular weight excluding hydrogens is 297 g/mol. The van der Waals surface area contributed by atoms with E-state index in [9.17, 15) is 18.0 Å². The van der Waals surface area contributed by atoms with E-state index in [0.29, 0.717) is 0 Å². The van der Waals surface area contributed by atoms with Crippen molar-refractivity contribution in [1.29, 1.82) is 0 Å². The summed E-state index contributed by atoms with van der Waals surface area (Å²) >= 11 is 0. The second kappa shape index (κ2) is 7.53. The van der Waals surface area contributed by atoms with Crippen LogP contribution in [0.5, 0.6) is 0 Å². The van der Waals surface area contributed by atoms with Crippen LogP contribution in [0, 0.1) is 0 Å². The van der Waals surface area contributed by atoms with Gasteiger partial charge in [0.15, 0.2) is 0 Å². The number of hydrogen-bond acceptors (Lipinski definition) is 2. The van der Waals surface area contributed by atoms with E-state index in [1.54, 1.807) is 7.11 Å². The third-order valence-electron chi connectivity index (χ3n) is 4.73. The van der Waals surface area contributed by atoms with Gasteiger partial charge in [-0.25, -0.2) is 4.79 Å². The molecular formula is C15H25F3N2O2. The molecule has 2 atom stereocenters. The number of hydrogen-bond donors (Lipinski definition) is 1. The van der Waals surface area contributed by atoms with Crippen molar-refractivity contribution in [3.8, 4) is 0 Å². The van der Waals surface area contributed by atoms with Crippen molar-refractivity contribution in [2.24, 2.45) is 0 Å². The standard InChI is InChI=1S/C15H25F3N2O2/c1-22-13-8-3-2-7-12(13)19-14(21)20(11-5-4-6-11)10-9-15(16,17)18/h11-13H,2-10H2,1H3,(H,19,21)/t12-,13+/m0/s1. The Hall–Kier alpha value is -0.980. The Kier molecular flexibility index (Phi) is 5.94. The minimum absolute atomic E-state index is 0.0384. The molecule has 22 heavy (non-hydrogen) atoms. The van der Waals surface area contributed by atoms with Crippen LogP contribution in [0.3, 0.4) is 0 Å². The smallest absolute Gasteiger partial charge is 0.379 e. The van der Waals surface area contributed by atoms with Gasteiger partial charge in [0.1, 0.15) is 0 Å². The van der Waals surface area contributed by atoms with Gasteiger partial charge < -0.3 is 15.0 Å². The average Bonchev–Trinajstić information content (AvgIpc) is 2.40. The van der Waals surface area contributed by atoms with Crippen molar-refractivity contribution in [1.82, 2.24) is 10.2 Å². The van der Waals surface area contributed by atoms with E-state index < -0.39 is 12.6 Å². The Morgan fingerprint density at radius 2 is 1.86 bits per heavy atom. The Balaban J connectivity index is 1.92. The Bertz CT molecular complexity index is 372. The van der Waals surface area contributed by atoms with Gasteiger partial charge in [-0.2, -0.15) is 13.2 Å². The first-order valence-corrected chi connectivity index (χ1v) is 8.07. The average molecular weight is 322 g/mol. The normalized spacial score (nSPS) is 26.4. The minimum Gasteiger partial charge on any atom is -0.379 e. The van der Waals surface area contributed by atoms with Crippen molar-refractivity contribution in [2.45, 2.75) is 75.7 Å². The van der Waals surface area contributed by atoms with Crippen LogP contribution in [-0.4, -0.2) is 48.9 Å². The summed E-state index contributed by atoms with van der Waals surface area (Å²) in [4.78, 5) is 13.8. The number of methoxy groups -OCH3 is 1. The summed E-state index contributed by atoms with van der Waals surface area (Å²) in [5, 5.41) is 2.90. The van der Waals surface area contributed by atoms with Crippen LogP contribution in [-0.2, 0) is 4.74 Å². The first kappa shape index (κ1) is 17.4. The summed E-state index contributed by atoms with van der Waals surface area (Å²) in [6.45, 7) is -0.260. The number of urea groups is 1. The van der Waals surface area contributed by atoms with Crippen LogP contribution in [0.25, 0.3) is 0 Å². The lowest BCUT2D eigenvalue weighted by atomic mass is 9.91. The number of alkyl halides is 3. The molecule has 0 aromatic rings. The highest BCUT2D eigenvalue weighted by molar-refractivity contribution is 5.75. The van der Waals surface area contributed by atoms with Crippen LogP contribution in [0.4, 0.5) is 18.0 Å². The van der Waals surface area contributed by atoms with E-state index in [1.165, 1.54) is 4.90 Å². The van der Waals surface area contributed by atoms with Crippen molar-refractivity contribution < 1.29 is 22.7 Å². The molecule has 0 heterocycles. The number of nitrogens with zero attached hydrogens (tertiary/aromatic N) is 1. The largest absolute Gasteiger partial charge is 0.390 e. The van der Waals surface area contributed by atoms with E-state index in [1.807, 2.05) is 0 Å². The fourth-order valence-electron chi connectivity index (χ4n) is 3.18. The van der Waals surface area contributed by atoms with Gasteiger partial charge in [-0.1, -0.05) is 12.8 Å². The predicted molar refractivity (Wildman–Crippen MR) is 76.6 cm³/mol. The van der Waals surface area contributed by atoms with Gasteiger partial charge in [-0.15, -0.1) is 0 Å². The van der Waals surface area contributed by atoms with Crippen molar-refractivity contribution >= 4 is 6.03 Å². The molecule has 2 saturated carbocycles. The lowest BCUT2D eigenvalue weighted by Gasteiger charge is -2.40. The lowest BCUT2D eigenvalue weighted by molar-refractivity contribution is -0.138. The molecule has 1 N–H and O–H groups in total. The van der Waals surface area contributed by atoms with Crippen LogP contribution < -0.4 is 5.32 Å². The van der Waals surface area contributed by atoms with Crippen LogP contribution in [0.2, 0.25) is 0 Å². The summed E-state index contributed by atoms with van der Waals surface area (Å²) in [7, 11) is 1.61. The number of halogens is 3. The second-order valence-corrected chi connectivity index (χ2v) is 6.26. The van der Waals surface area contributed by atoms with Gasteiger partial charge in [-0.3, -0.25) is 0 Å². The Morgan fingerprint density at radius 3 is 2.41 bits per heavy atom. The summed E-state index contributed by atoms with van der Waals surface area (Å²) < 4.78 is 42.8. The van der Waals surface area contributed by atoms with Gasteiger partial charge >= 0.3 is 12.2 Å². The predicted octanol–water partition coefficient (Wildman–Crippen LogP) is 3.46. The van der Waals surface area contributed by atoms with Gasteiger partial charge in [0.05, 0.1) is 18.6 Å². The molecule has 128 valence electrons. The molecule has 7 heteroatoms. The Labute approximate surface area is 129 Å². The summed E-state index contributed by atoms with van der Waals surface area (Å²) in [6.07, 6.45) is 1.12. The summed E-state index contributed by atoms with van der Waals surface area (Å²) in [6, 6.07) is -0.519. The van der Waals surface area contributed by atoms with Crippen molar-refractivity contribution in [3.63, 3.8) is 0 Å². The fourth-order valence-corrected chi connectivity index (χ4v) is 3.18. The zero-order valence-corrected chi connectivity index (χ0v) is 13.0. The van der Waals surface area contributed by atoms with Crippen molar-refractivity contribution in [3.05, 3.63) is 0 Å². The first-order chi connectivity index (χ1) is 10.4. The van der Waals surface area contributed by atoms with Gasteiger partial charge in [0.25, 0.3) is 0 Å². The van der Waals surface area contributed by atoms with E-state index in [4.69, 9.17) is 4.74 Å². The summed E-state index contributed by atoms with van der Waals surface area (Å²) in [5.74, 6) is 0. The molecule has 0 unspecified atom stereocenters. The maximum Gasteiger partial charge on any atom is 0.390 e. The zero-order valence-electron chi connectivity index (χ0n) is 13.0. The maximum atomic E-state index is 12.5. The van der Waals surface area contributed by atoms with Crippen molar-refractivity contribution in [2.75, 3.05) is 13.7 Å². The molecule has 4 nitrogen and oxygen atoms in total. The molecule has 2 aliphatic carbocycles. The number of nitrogens with one attached hydrogen (secondary N) is 1. The maximum absolute atomic E-state index is 12.5. The molecule has 0 aliphatic heterocycles. The number of carbonyl (C=O) groups excluding carboxylic acids is 1. The minimum atomic E-state index is -4.23. The van der Waals surface area contributed by atoms with Crippen LogP contribution >= 0.6 is 0 Å². The quantitative estimate of drug-likeness (QED) is 0.842. The first-order valence-electron chi connectivity index (χ1n) is 8.07. The SMILES string of the molecule is CO[C@@H]1CCCC[C@@H]1NC(=O)N(CCC(F)(F)F)C1CCC1. The molecule has 0 saturated heterocycles. The number of ether oxygens (including phenoxy) is 1. The van der Waals surface area contributed by atoms with E-state index >= 15 is 0 Å². The third-order valence-corrected chi connectivity index (χ3v) is 4.73. The summed E-state index contributed by atoms with van der Waals surface area (Å²) in [5.41, 5.74) is 0. The fraction of sp³-hybridized carbons (Fsp3) is 0.933. The monoisotopic (exact) mass is 322 g/mol. The molecule has 2 fully saturated rings. The van der Waals surface area contributed by atoms with Gasteiger partial charge in [-0.05, 0) is 32.1 Å². The molecule has 0 aromatic carbocycles. The molecule has 0 bridgehead atoms. The number of amides is 2. The van der Waals surface area contributed by atoms with Crippen LogP contribution in [0.1, 0.15) is 51.4 Å². The van der Waals surface area contributed by atoms with E-state index in [0.717, 1.165) is 44.9 Å². The third kappa shape index (κ3) is 4.76.